The fourth-order valence-corrected chi connectivity index (χ4v) is 6.44. The third kappa shape index (κ3) is 1.96. The minimum atomic E-state index is 0.882. The Labute approximate surface area is 73.5 Å². The van der Waals surface area contributed by atoms with Gasteiger partial charge in [-0.1, -0.05) is 19.3 Å². The maximum Gasteiger partial charge on any atom is -0.0175 e. The van der Waals surface area contributed by atoms with Crippen molar-refractivity contribution in [2.24, 2.45) is 5.41 Å². The highest BCUT2D eigenvalue weighted by Crippen LogP contribution is 2.49. The van der Waals surface area contributed by atoms with Crippen LogP contribution in [-0.4, -0.2) is 18.2 Å². The molecule has 0 N–H and O–H groups in total. The van der Waals surface area contributed by atoms with Crippen LogP contribution < -0.4 is 0 Å². The van der Waals surface area contributed by atoms with Gasteiger partial charge in [0.2, 0.25) is 0 Å². The molecule has 1 aliphatic carbocycles. The molecule has 1 aliphatic heterocycles. The summed E-state index contributed by atoms with van der Waals surface area (Å²) >= 11 is 0. The van der Waals surface area contributed by atoms with Crippen molar-refractivity contribution < 1.29 is 0 Å². The quantitative estimate of drug-likeness (QED) is 0.512. The van der Waals surface area contributed by atoms with E-state index < -0.39 is 0 Å². The van der Waals surface area contributed by atoms with E-state index in [9.17, 15) is 0 Å². The van der Waals surface area contributed by atoms with Crippen molar-refractivity contribution in [1.82, 2.24) is 0 Å². The van der Waals surface area contributed by atoms with Gasteiger partial charge in [-0.15, -0.1) is 17.2 Å². The zero-order valence-corrected chi connectivity index (χ0v) is 9.16. The number of rotatable bonds is 0. The first kappa shape index (κ1) is 8.46. The lowest BCUT2D eigenvalue weighted by atomic mass is 9.77. The molecule has 1 spiro atoms. The molecule has 2 aliphatic rings. The molecule has 0 aromatic heterocycles. The van der Waals surface area contributed by atoms with Gasteiger partial charge >= 0.3 is 0 Å². The van der Waals surface area contributed by atoms with Crippen molar-refractivity contribution in [2.75, 3.05) is 18.2 Å². The van der Waals surface area contributed by atoms with Gasteiger partial charge in [0, 0.05) is 0 Å². The van der Waals surface area contributed by atoms with Gasteiger partial charge in [0.1, 0.15) is 0 Å². The van der Waals surface area contributed by atoms with E-state index in [0.29, 0.717) is 0 Å². The van der Waals surface area contributed by atoms with Gasteiger partial charge in [0.25, 0.3) is 0 Å². The SMILES string of the molecule is C1CCC2(CC1)CPCPC2. The third-order valence-electron chi connectivity index (χ3n) is 3.16. The lowest BCUT2D eigenvalue weighted by molar-refractivity contribution is 0.255. The van der Waals surface area contributed by atoms with Crippen LogP contribution in [0.3, 0.4) is 0 Å². The summed E-state index contributed by atoms with van der Waals surface area (Å²) in [5.74, 6) is 1.57. The monoisotopic (exact) mass is 188 g/mol. The highest BCUT2D eigenvalue weighted by molar-refractivity contribution is 7.57. The third-order valence-corrected chi connectivity index (χ3v) is 7.16. The second-order valence-electron chi connectivity index (χ2n) is 4.09. The van der Waals surface area contributed by atoms with E-state index in [-0.39, 0.29) is 0 Å². The Bertz CT molecular complexity index is 102. The van der Waals surface area contributed by atoms with Crippen LogP contribution in [0.2, 0.25) is 0 Å². The molecule has 1 saturated carbocycles. The first-order chi connectivity index (χ1) is 5.41. The average molecular weight is 188 g/mol. The zero-order valence-electron chi connectivity index (χ0n) is 7.16. The minimum absolute atomic E-state index is 0.882. The molecular weight excluding hydrogens is 170 g/mol. The summed E-state index contributed by atoms with van der Waals surface area (Å²) in [6, 6.07) is 0. The second kappa shape index (κ2) is 3.71. The van der Waals surface area contributed by atoms with E-state index in [2.05, 4.69) is 0 Å². The molecule has 2 heteroatoms. The first-order valence-corrected chi connectivity index (χ1v) is 7.66. The Morgan fingerprint density at radius 3 is 2.09 bits per heavy atom. The van der Waals surface area contributed by atoms with E-state index in [0.717, 1.165) is 5.41 Å². The second-order valence-corrected chi connectivity index (χ2v) is 7.21. The van der Waals surface area contributed by atoms with Crippen molar-refractivity contribution in [1.29, 1.82) is 0 Å². The minimum Gasteiger partial charge on any atom is -0.117 e. The fraction of sp³-hybridized carbons (Fsp3) is 1.00. The highest BCUT2D eigenvalue weighted by atomic mass is 31.1. The average Bonchev–Trinajstić information content (AvgIpc) is 2.07. The van der Waals surface area contributed by atoms with E-state index in [1.807, 2.05) is 0 Å². The fourth-order valence-electron chi connectivity index (χ4n) is 2.46. The van der Waals surface area contributed by atoms with Crippen molar-refractivity contribution in [3.05, 3.63) is 0 Å². The van der Waals surface area contributed by atoms with Gasteiger partial charge in [-0.05, 0) is 36.5 Å². The molecule has 0 aromatic carbocycles. The van der Waals surface area contributed by atoms with E-state index >= 15 is 0 Å². The van der Waals surface area contributed by atoms with Crippen LogP contribution in [0.25, 0.3) is 0 Å². The summed E-state index contributed by atoms with van der Waals surface area (Å²) in [5, 5.41) is 0. The van der Waals surface area contributed by atoms with E-state index in [1.165, 1.54) is 36.4 Å². The van der Waals surface area contributed by atoms with Gasteiger partial charge < -0.3 is 0 Å². The van der Waals surface area contributed by atoms with E-state index in [4.69, 9.17) is 0 Å². The van der Waals surface area contributed by atoms with Crippen LogP contribution in [0.1, 0.15) is 32.1 Å². The standard InChI is InChI=1S/C9H18P2/c1-2-4-9(5-3-1)6-10-8-11-7-9/h10-11H,1-8H2. The molecular formula is C9H18P2. The highest BCUT2D eigenvalue weighted by Gasteiger charge is 2.32. The summed E-state index contributed by atoms with van der Waals surface area (Å²) in [4.78, 5) is 0. The molecule has 64 valence electrons. The molecule has 0 amide bonds. The molecule has 0 aromatic rings. The predicted molar refractivity (Wildman–Crippen MR) is 56.7 cm³/mol. The summed E-state index contributed by atoms with van der Waals surface area (Å²) in [6.07, 6.45) is 10.9. The van der Waals surface area contributed by atoms with Gasteiger partial charge in [-0.2, -0.15) is 0 Å². The van der Waals surface area contributed by atoms with Crippen LogP contribution in [0.5, 0.6) is 0 Å². The first-order valence-electron chi connectivity index (χ1n) is 4.83. The largest absolute Gasteiger partial charge is 0.117 e. The van der Waals surface area contributed by atoms with Crippen molar-refractivity contribution >= 4 is 17.2 Å². The van der Waals surface area contributed by atoms with Gasteiger partial charge in [0.15, 0.2) is 0 Å². The van der Waals surface area contributed by atoms with Crippen LogP contribution in [0.4, 0.5) is 0 Å². The Hall–Kier alpha value is 0.860. The normalized spacial score (nSPS) is 34.9. The van der Waals surface area contributed by atoms with Crippen LogP contribution in [0.15, 0.2) is 0 Å². The van der Waals surface area contributed by atoms with Gasteiger partial charge in [0.05, 0.1) is 0 Å². The molecule has 0 nitrogen and oxygen atoms in total. The molecule has 2 rings (SSSR count). The molecule has 2 fully saturated rings. The predicted octanol–water partition coefficient (Wildman–Crippen LogP) is 3.27. The number of hydrogen-bond acceptors (Lipinski definition) is 0. The summed E-state index contributed by atoms with van der Waals surface area (Å²) < 4.78 is 0. The molecule has 11 heavy (non-hydrogen) atoms. The molecule has 1 heterocycles. The topological polar surface area (TPSA) is 0 Å². The summed E-state index contributed by atoms with van der Waals surface area (Å²) in [5.41, 5.74) is 0.882. The Morgan fingerprint density at radius 1 is 0.818 bits per heavy atom. The molecule has 2 atom stereocenters. The van der Waals surface area contributed by atoms with Gasteiger partial charge in [-0.25, -0.2) is 0 Å². The molecule has 2 unspecified atom stereocenters. The van der Waals surface area contributed by atoms with Gasteiger partial charge in [-0.3, -0.25) is 0 Å². The molecule has 1 saturated heterocycles. The van der Waals surface area contributed by atoms with Crippen molar-refractivity contribution in [3.8, 4) is 0 Å². The Balaban J connectivity index is 1.94. The lowest BCUT2D eigenvalue weighted by Crippen LogP contribution is -2.30. The lowest BCUT2D eigenvalue weighted by Gasteiger charge is -2.40. The smallest absolute Gasteiger partial charge is 0.0175 e. The van der Waals surface area contributed by atoms with Crippen LogP contribution >= 0.6 is 17.2 Å². The van der Waals surface area contributed by atoms with E-state index in [1.54, 1.807) is 31.1 Å². The summed E-state index contributed by atoms with van der Waals surface area (Å²) in [7, 11) is 2.63. The van der Waals surface area contributed by atoms with Crippen molar-refractivity contribution in [3.63, 3.8) is 0 Å². The van der Waals surface area contributed by atoms with Crippen LogP contribution in [0, 0.1) is 5.41 Å². The summed E-state index contributed by atoms with van der Waals surface area (Å²) in [6.45, 7) is 0. The maximum absolute atomic E-state index is 1.60. The molecule has 0 bridgehead atoms. The Kier molecular flexibility index (Phi) is 2.86. The van der Waals surface area contributed by atoms with Crippen LogP contribution in [-0.2, 0) is 0 Å². The Morgan fingerprint density at radius 2 is 1.45 bits per heavy atom. The number of hydrogen-bond donors (Lipinski definition) is 0. The van der Waals surface area contributed by atoms with Crippen molar-refractivity contribution in [2.45, 2.75) is 32.1 Å². The molecule has 0 radical (unpaired) electrons. The zero-order chi connectivity index (χ0) is 7.57. The maximum atomic E-state index is 1.60.